The fourth-order valence-corrected chi connectivity index (χ4v) is 3.90. The van der Waals surface area contributed by atoms with E-state index in [1.807, 2.05) is 12.3 Å². The Morgan fingerprint density at radius 3 is 2.74 bits per heavy atom. The van der Waals surface area contributed by atoms with Crippen molar-refractivity contribution in [1.82, 2.24) is 14.9 Å². The molecule has 0 radical (unpaired) electrons. The van der Waals surface area contributed by atoms with Gasteiger partial charge >= 0.3 is 0 Å². The summed E-state index contributed by atoms with van der Waals surface area (Å²) in [7, 11) is 2.16. The predicted octanol–water partition coefficient (Wildman–Crippen LogP) is 2.07. The first-order valence-corrected chi connectivity index (χ1v) is 9.94. The lowest BCUT2D eigenvalue weighted by Crippen LogP contribution is -2.38. The number of likely N-dealkylation sites (N-methyl/N-ethyl adjacent to an activating group) is 1. The van der Waals surface area contributed by atoms with Gasteiger partial charge in [0.05, 0.1) is 13.2 Å². The van der Waals surface area contributed by atoms with Gasteiger partial charge in [0.25, 0.3) is 0 Å². The van der Waals surface area contributed by atoms with Crippen molar-refractivity contribution in [2.75, 3.05) is 62.8 Å². The third-order valence-electron chi connectivity index (χ3n) is 5.64. The van der Waals surface area contributed by atoms with Gasteiger partial charge in [-0.2, -0.15) is 4.98 Å². The van der Waals surface area contributed by atoms with Crippen LogP contribution in [0.15, 0.2) is 42.6 Å². The maximum atomic E-state index is 5.43. The SMILES string of the molecule is CN(c1ccnc(N2CCOCC2)n1)C1CCN(CCc2ccccc2)C1. The minimum absolute atomic E-state index is 0.508. The van der Waals surface area contributed by atoms with E-state index >= 15 is 0 Å². The van der Waals surface area contributed by atoms with E-state index in [1.54, 1.807) is 0 Å². The Bertz CT molecular complexity index is 720. The average molecular weight is 367 g/mol. The van der Waals surface area contributed by atoms with E-state index in [1.165, 1.54) is 12.0 Å². The van der Waals surface area contributed by atoms with Gasteiger partial charge in [-0.05, 0) is 24.5 Å². The number of hydrogen-bond acceptors (Lipinski definition) is 6. The van der Waals surface area contributed by atoms with Crippen molar-refractivity contribution in [3.8, 4) is 0 Å². The molecular formula is C21H29N5O. The van der Waals surface area contributed by atoms with E-state index in [0.29, 0.717) is 6.04 Å². The van der Waals surface area contributed by atoms with Crippen LogP contribution < -0.4 is 9.80 Å². The number of nitrogens with zero attached hydrogens (tertiary/aromatic N) is 5. The van der Waals surface area contributed by atoms with Gasteiger partial charge in [0.15, 0.2) is 0 Å². The molecule has 2 fully saturated rings. The number of anilines is 2. The summed E-state index contributed by atoms with van der Waals surface area (Å²) >= 11 is 0. The summed E-state index contributed by atoms with van der Waals surface area (Å²) in [6, 6.07) is 13.3. The van der Waals surface area contributed by atoms with Crippen molar-refractivity contribution < 1.29 is 4.74 Å². The first kappa shape index (κ1) is 18.2. The van der Waals surface area contributed by atoms with Crippen molar-refractivity contribution in [3.05, 3.63) is 48.2 Å². The Balaban J connectivity index is 1.33. The fourth-order valence-electron chi connectivity index (χ4n) is 3.90. The number of likely N-dealkylation sites (tertiary alicyclic amines) is 1. The van der Waals surface area contributed by atoms with Gasteiger partial charge in [0.2, 0.25) is 5.95 Å². The maximum absolute atomic E-state index is 5.43. The molecule has 0 bridgehead atoms. The molecule has 0 aliphatic carbocycles. The molecule has 6 heteroatoms. The van der Waals surface area contributed by atoms with Gasteiger partial charge in [0.1, 0.15) is 5.82 Å². The summed E-state index contributed by atoms with van der Waals surface area (Å²) in [6.45, 7) is 6.61. The third-order valence-corrected chi connectivity index (χ3v) is 5.64. The third kappa shape index (κ3) is 4.57. The summed E-state index contributed by atoms with van der Waals surface area (Å²) < 4.78 is 5.43. The average Bonchev–Trinajstić information content (AvgIpc) is 3.22. The normalized spacial score (nSPS) is 20.8. The summed E-state index contributed by atoms with van der Waals surface area (Å²) in [5, 5.41) is 0. The highest BCUT2D eigenvalue weighted by molar-refractivity contribution is 5.44. The summed E-state index contributed by atoms with van der Waals surface area (Å²) in [6.07, 6.45) is 4.18. The summed E-state index contributed by atoms with van der Waals surface area (Å²) in [5.41, 5.74) is 1.42. The van der Waals surface area contributed by atoms with Crippen molar-refractivity contribution in [2.24, 2.45) is 0 Å². The zero-order valence-corrected chi connectivity index (χ0v) is 16.1. The minimum atomic E-state index is 0.508. The molecule has 0 N–H and O–H groups in total. The summed E-state index contributed by atoms with van der Waals surface area (Å²) in [4.78, 5) is 16.4. The van der Waals surface area contributed by atoms with E-state index in [0.717, 1.165) is 64.1 Å². The van der Waals surface area contributed by atoms with Crippen LogP contribution in [-0.2, 0) is 11.2 Å². The van der Waals surface area contributed by atoms with E-state index in [-0.39, 0.29) is 0 Å². The van der Waals surface area contributed by atoms with Crippen LogP contribution >= 0.6 is 0 Å². The maximum Gasteiger partial charge on any atom is 0.227 e. The van der Waals surface area contributed by atoms with Crippen molar-refractivity contribution in [1.29, 1.82) is 0 Å². The Hall–Kier alpha value is -2.18. The first-order chi connectivity index (χ1) is 13.3. The summed E-state index contributed by atoms with van der Waals surface area (Å²) in [5.74, 6) is 1.84. The molecule has 0 saturated carbocycles. The molecule has 1 unspecified atom stereocenters. The number of aromatic nitrogens is 2. The monoisotopic (exact) mass is 367 g/mol. The van der Waals surface area contributed by atoms with Crippen LogP contribution in [0, 0.1) is 0 Å². The number of benzene rings is 1. The molecule has 4 rings (SSSR count). The number of ether oxygens (including phenoxy) is 1. The first-order valence-electron chi connectivity index (χ1n) is 9.94. The van der Waals surface area contributed by atoms with E-state index in [9.17, 15) is 0 Å². The Morgan fingerprint density at radius 2 is 1.93 bits per heavy atom. The molecule has 0 amide bonds. The second kappa shape index (κ2) is 8.67. The molecular weight excluding hydrogens is 338 g/mol. The molecule has 0 spiro atoms. The van der Waals surface area contributed by atoms with Crippen LogP contribution in [0.1, 0.15) is 12.0 Å². The fraction of sp³-hybridized carbons (Fsp3) is 0.524. The topological polar surface area (TPSA) is 44.7 Å². The molecule has 2 saturated heterocycles. The van der Waals surface area contributed by atoms with Crippen LogP contribution in [-0.4, -0.2) is 73.9 Å². The predicted molar refractivity (Wildman–Crippen MR) is 108 cm³/mol. The molecule has 1 aromatic heterocycles. The Labute approximate surface area is 161 Å². The quantitative estimate of drug-likeness (QED) is 0.779. The zero-order valence-electron chi connectivity index (χ0n) is 16.1. The molecule has 3 heterocycles. The second-order valence-electron chi connectivity index (χ2n) is 7.40. The molecule has 2 aromatic rings. The smallest absolute Gasteiger partial charge is 0.227 e. The van der Waals surface area contributed by atoms with Gasteiger partial charge in [-0.15, -0.1) is 0 Å². The van der Waals surface area contributed by atoms with Crippen molar-refractivity contribution in [2.45, 2.75) is 18.9 Å². The number of rotatable bonds is 6. The Kier molecular flexibility index (Phi) is 5.84. The van der Waals surface area contributed by atoms with E-state index in [4.69, 9.17) is 9.72 Å². The van der Waals surface area contributed by atoms with Crippen LogP contribution in [0.25, 0.3) is 0 Å². The van der Waals surface area contributed by atoms with Gasteiger partial charge in [-0.25, -0.2) is 4.98 Å². The highest BCUT2D eigenvalue weighted by Crippen LogP contribution is 2.22. The highest BCUT2D eigenvalue weighted by Gasteiger charge is 2.26. The lowest BCUT2D eigenvalue weighted by Gasteiger charge is -2.29. The lowest BCUT2D eigenvalue weighted by molar-refractivity contribution is 0.122. The largest absolute Gasteiger partial charge is 0.378 e. The van der Waals surface area contributed by atoms with Crippen molar-refractivity contribution >= 4 is 11.8 Å². The molecule has 27 heavy (non-hydrogen) atoms. The number of morpholine rings is 1. The van der Waals surface area contributed by atoms with Crippen LogP contribution in [0.5, 0.6) is 0 Å². The van der Waals surface area contributed by atoms with Gasteiger partial charge in [0, 0.05) is 52.0 Å². The molecule has 1 atom stereocenters. The second-order valence-corrected chi connectivity index (χ2v) is 7.40. The van der Waals surface area contributed by atoms with Crippen LogP contribution in [0.4, 0.5) is 11.8 Å². The van der Waals surface area contributed by atoms with Gasteiger partial charge in [-0.3, -0.25) is 0 Å². The van der Waals surface area contributed by atoms with Crippen molar-refractivity contribution in [3.63, 3.8) is 0 Å². The molecule has 2 aliphatic heterocycles. The number of hydrogen-bond donors (Lipinski definition) is 0. The van der Waals surface area contributed by atoms with Crippen LogP contribution in [0.2, 0.25) is 0 Å². The molecule has 1 aromatic carbocycles. The lowest BCUT2D eigenvalue weighted by atomic mass is 10.1. The highest BCUT2D eigenvalue weighted by atomic mass is 16.5. The Morgan fingerprint density at radius 1 is 1.11 bits per heavy atom. The van der Waals surface area contributed by atoms with Gasteiger partial charge in [-0.1, -0.05) is 30.3 Å². The molecule has 6 nitrogen and oxygen atoms in total. The van der Waals surface area contributed by atoms with Crippen LogP contribution in [0.3, 0.4) is 0 Å². The standard InChI is InChI=1S/C21H29N5O/c1-24(20-7-10-22-21(23-20)26-13-15-27-16-14-26)19-9-12-25(17-19)11-8-18-5-3-2-4-6-18/h2-7,10,19H,8-9,11-17H2,1H3. The minimum Gasteiger partial charge on any atom is -0.378 e. The molecule has 2 aliphatic rings. The van der Waals surface area contributed by atoms with E-state index in [2.05, 4.69) is 57.1 Å². The zero-order chi connectivity index (χ0) is 18.5. The van der Waals surface area contributed by atoms with E-state index < -0.39 is 0 Å². The van der Waals surface area contributed by atoms with Gasteiger partial charge < -0.3 is 19.4 Å². The molecule has 144 valence electrons.